The number of hydrogen-bond donors (Lipinski definition) is 1. The van der Waals surface area contributed by atoms with E-state index in [1.165, 1.54) is 0 Å². The van der Waals surface area contributed by atoms with Gasteiger partial charge in [-0.2, -0.15) is 0 Å². The van der Waals surface area contributed by atoms with Gasteiger partial charge in [0.1, 0.15) is 5.60 Å². The average Bonchev–Trinajstić information content (AvgIpc) is 2.30. The molecule has 4 nitrogen and oxygen atoms in total. The first kappa shape index (κ1) is 7.74. The van der Waals surface area contributed by atoms with E-state index in [0.29, 0.717) is 37.5 Å². The molecule has 72 valence electrons. The van der Waals surface area contributed by atoms with Crippen LogP contribution in [-0.4, -0.2) is 21.2 Å². The molecule has 0 aromatic rings. The van der Waals surface area contributed by atoms with Crippen molar-refractivity contribution < 1.29 is 10.0 Å². The second kappa shape index (κ2) is 1.90. The summed E-state index contributed by atoms with van der Waals surface area (Å²) in [6.07, 6.45) is 3.69. The van der Waals surface area contributed by atoms with Crippen LogP contribution in [-0.2, 0) is 0 Å². The Morgan fingerprint density at radius 1 is 1.23 bits per heavy atom. The molecule has 0 amide bonds. The van der Waals surface area contributed by atoms with Crippen LogP contribution >= 0.6 is 0 Å². The number of nitrogens with zero attached hydrogens (tertiary/aromatic N) is 1. The summed E-state index contributed by atoms with van der Waals surface area (Å²) in [5, 5.41) is 21.2. The Kier molecular flexibility index (Phi) is 1.13. The van der Waals surface area contributed by atoms with Gasteiger partial charge >= 0.3 is 0 Å². The molecule has 13 heavy (non-hydrogen) atoms. The van der Waals surface area contributed by atoms with E-state index in [1.54, 1.807) is 0 Å². The summed E-state index contributed by atoms with van der Waals surface area (Å²) >= 11 is 0. The maximum absolute atomic E-state index is 11.0. The highest BCUT2D eigenvalue weighted by Gasteiger charge is 2.74. The van der Waals surface area contributed by atoms with Gasteiger partial charge < -0.3 is 5.11 Å². The minimum Gasteiger partial charge on any atom is -0.382 e. The van der Waals surface area contributed by atoms with Gasteiger partial charge in [0.05, 0.1) is 0 Å². The number of rotatable bonds is 1. The zero-order valence-electron chi connectivity index (χ0n) is 7.40. The van der Waals surface area contributed by atoms with Crippen LogP contribution in [0, 0.1) is 22.0 Å². The quantitative estimate of drug-likeness (QED) is 0.486. The summed E-state index contributed by atoms with van der Waals surface area (Å²) in [7, 11) is 0. The molecule has 0 aromatic carbocycles. The van der Waals surface area contributed by atoms with Gasteiger partial charge in [-0.25, -0.2) is 0 Å². The Morgan fingerprint density at radius 2 is 1.77 bits per heavy atom. The molecule has 0 aromatic heterocycles. The first-order chi connectivity index (χ1) is 6.06. The highest BCUT2D eigenvalue weighted by Crippen LogP contribution is 2.63. The first-order valence-corrected chi connectivity index (χ1v) is 4.93. The normalized spacial score (nSPS) is 57.3. The van der Waals surface area contributed by atoms with Crippen molar-refractivity contribution in [2.45, 2.75) is 43.2 Å². The molecule has 0 spiro atoms. The molecule has 4 aliphatic rings. The Balaban J connectivity index is 2.11. The van der Waals surface area contributed by atoms with E-state index < -0.39 is 11.1 Å². The van der Waals surface area contributed by atoms with Crippen LogP contribution in [0.1, 0.15) is 32.1 Å². The van der Waals surface area contributed by atoms with E-state index in [4.69, 9.17) is 0 Å². The highest BCUT2D eigenvalue weighted by atomic mass is 16.6. The van der Waals surface area contributed by atoms with Gasteiger partial charge in [-0.3, -0.25) is 10.1 Å². The Bertz CT molecular complexity index is 275. The lowest BCUT2D eigenvalue weighted by Gasteiger charge is -2.27. The van der Waals surface area contributed by atoms with Crippen molar-refractivity contribution in [3.8, 4) is 0 Å². The van der Waals surface area contributed by atoms with Crippen molar-refractivity contribution in [1.29, 1.82) is 0 Å². The summed E-state index contributed by atoms with van der Waals surface area (Å²) in [5.41, 5.74) is -1.91. The van der Waals surface area contributed by atoms with Crippen LogP contribution < -0.4 is 0 Å². The van der Waals surface area contributed by atoms with Crippen molar-refractivity contribution in [2.24, 2.45) is 11.8 Å². The summed E-state index contributed by atoms with van der Waals surface area (Å²) in [6.45, 7) is 0. The highest BCUT2D eigenvalue weighted by molar-refractivity contribution is 5.18. The molecular formula is C9H13NO3. The van der Waals surface area contributed by atoms with Crippen LogP contribution in [0.5, 0.6) is 0 Å². The third-order valence-electron chi connectivity index (χ3n) is 4.39. The van der Waals surface area contributed by atoms with E-state index in [2.05, 4.69) is 0 Å². The molecule has 0 aliphatic heterocycles. The lowest BCUT2D eigenvalue weighted by molar-refractivity contribution is -0.587. The molecule has 4 fully saturated rings. The van der Waals surface area contributed by atoms with Crippen molar-refractivity contribution in [3.63, 3.8) is 0 Å². The second-order valence-corrected chi connectivity index (χ2v) is 5.10. The summed E-state index contributed by atoms with van der Waals surface area (Å²) in [6, 6.07) is 0. The third kappa shape index (κ3) is 0.676. The van der Waals surface area contributed by atoms with E-state index in [-0.39, 0.29) is 4.92 Å². The zero-order chi connectivity index (χ0) is 9.27. The van der Waals surface area contributed by atoms with Crippen LogP contribution in [0.25, 0.3) is 0 Å². The SMILES string of the molecule is O=[N+]([O-])C12CC3CC(CC1(O)C3)C2. The molecule has 0 saturated heterocycles. The molecule has 1 N–H and O–H groups in total. The predicted molar refractivity (Wildman–Crippen MR) is 44.7 cm³/mol. The van der Waals surface area contributed by atoms with E-state index >= 15 is 0 Å². The Morgan fingerprint density at radius 3 is 2.15 bits per heavy atom. The van der Waals surface area contributed by atoms with Crippen LogP contribution in [0.2, 0.25) is 0 Å². The molecule has 4 heteroatoms. The van der Waals surface area contributed by atoms with Crippen molar-refractivity contribution in [1.82, 2.24) is 0 Å². The predicted octanol–water partition coefficient (Wildman–Crippen LogP) is 0.957. The number of nitro groups is 1. The lowest BCUT2D eigenvalue weighted by Crippen LogP contribution is -2.51. The zero-order valence-corrected chi connectivity index (χ0v) is 7.40. The van der Waals surface area contributed by atoms with Gasteiger partial charge in [0.2, 0.25) is 0 Å². The van der Waals surface area contributed by atoms with E-state index in [0.717, 1.165) is 6.42 Å². The maximum Gasteiger partial charge on any atom is 0.250 e. The summed E-state index contributed by atoms with van der Waals surface area (Å²) in [4.78, 5) is 10.8. The molecule has 4 saturated carbocycles. The summed E-state index contributed by atoms with van der Waals surface area (Å²) in [5.74, 6) is 0.839. The Hall–Kier alpha value is -0.640. The average molecular weight is 183 g/mol. The molecule has 4 bridgehead atoms. The maximum atomic E-state index is 11.0. The topological polar surface area (TPSA) is 63.4 Å². The van der Waals surface area contributed by atoms with Gasteiger partial charge in [0.15, 0.2) is 0 Å². The lowest BCUT2D eigenvalue weighted by atomic mass is 9.80. The standard InChI is InChI=1S/C9H13NO3/c11-9-4-6-1-7(5-9)3-8(9,2-6)10(12)13/h6-7,11H,1-5H2. The van der Waals surface area contributed by atoms with Gasteiger partial charge in [0.25, 0.3) is 5.54 Å². The van der Waals surface area contributed by atoms with Crippen LogP contribution in [0.15, 0.2) is 0 Å². The van der Waals surface area contributed by atoms with E-state index in [9.17, 15) is 15.2 Å². The van der Waals surface area contributed by atoms with E-state index in [1.807, 2.05) is 0 Å². The molecule has 2 atom stereocenters. The molecule has 0 radical (unpaired) electrons. The van der Waals surface area contributed by atoms with Crippen molar-refractivity contribution in [3.05, 3.63) is 10.1 Å². The molecular weight excluding hydrogens is 170 g/mol. The van der Waals surface area contributed by atoms with Crippen molar-refractivity contribution in [2.75, 3.05) is 0 Å². The first-order valence-electron chi connectivity index (χ1n) is 4.93. The van der Waals surface area contributed by atoms with Gasteiger partial charge in [0, 0.05) is 17.8 Å². The minimum absolute atomic E-state index is 0.202. The fraction of sp³-hybridized carbons (Fsp3) is 1.00. The fourth-order valence-corrected chi connectivity index (χ4v) is 4.10. The Labute approximate surface area is 76.1 Å². The van der Waals surface area contributed by atoms with Crippen LogP contribution in [0.3, 0.4) is 0 Å². The second-order valence-electron chi connectivity index (χ2n) is 5.10. The molecule has 2 unspecified atom stereocenters. The molecule has 4 aliphatic carbocycles. The molecule has 0 heterocycles. The smallest absolute Gasteiger partial charge is 0.250 e. The van der Waals surface area contributed by atoms with Gasteiger partial charge in [-0.15, -0.1) is 0 Å². The van der Waals surface area contributed by atoms with Gasteiger partial charge in [-0.05, 0) is 31.1 Å². The fourth-order valence-electron chi connectivity index (χ4n) is 4.10. The number of aliphatic hydroxyl groups is 1. The minimum atomic E-state index is -0.958. The third-order valence-corrected chi connectivity index (χ3v) is 4.39. The summed E-state index contributed by atoms with van der Waals surface area (Å²) < 4.78 is 0. The van der Waals surface area contributed by atoms with Gasteiger partial charge in [-0.1, -0.05) is 0 Å². The van der Waals surface area contributed by atoms with Crippen molar-refractivity contribution >= 4 is 0 Å². The number of hydrogen-bond acceptors (Lipinski definition) is 3. The molecule has 4 rings (SSSR count). The van der Waals surface area contributed by atoms with Crippen LogP contribution in [0.4, 0.5) is 0 Å². The largest absolute Gasteiger partial charge is 0.382 e. The monoisotopic (exact) mass is 183 g/mol.